The fourth-order valence-corrected chi connectivity index (χ4v) is 4.65. The van der Waals surface area contributed by atoms with E-state index in [1.54, 1.807) is 4.90 Å². The number of nitrogens with zero attached hydrogens (tertiary/aromatic N) is 2. The zero-order valence-electron chi connectivity index (χ0n) is 18.5. The molecular weight excluding hydrogens is 388 g/mol. The molecule has 2 heterocycles. The summed E-state index contributed by atoms with van der Waals surface area (Å²) in [4.78, 5) is 29.2. The molecule has 0 fully saturated rings. The van der Waals surface area contributed by atoms with Gasteiger partial charge in [-0.1, -0.05) is 36.4 Å². The summed E-state index contributed by atoms with van der Waals surface area (Å²) in [5.41, 5.74) is 3.81. The minimum absolute atomic E-state index is 0.0506. The number of benzene rings is 2. The number of carbonyl (C=O) groups excluding carboxylic acids is 2. The zero-order valence-corrected chi connectivity index (χ0v) is 18.5. The molecule has 0 bridgehead atoms. The van der Waals surface area contributed by atoms with Crippen molar-refractivity contribution < 1.29 is 14.5 Å². The van der Waals surface area contributed by atoms with E-state index in [-0.39, 0.29) is 24.4 Å². The van der Waals surface area contributed by atoms with E-state index < -0.39 is 0 Å². The first-order valence-electron chi connectivity index (χ1n) is 11.1. The lowest BCUT2D eigenvalue weighted by Gasteiger charge is -2.25. The summed E-state index contributed by atoms with van der Waals surface area (Å²) in [6.07, 6.45) is 2.08. The molecule has 31 heavy (non-hydrogen) atoms. The maximum Gasteiger partial charge on any atom is 0.255 e. The van der Waals surface area contributed by atoms with Crippen molar-refractivity contribution in [1.29, 1.82) is 0 Å². The first kappa shape index (κ1) is 21.1. The lowest BCUT2D eigenvalue weighted by molar-refractivity contribution is -0.895. The second kappa shape index (κ2) is 8.94. The highest BCUT2D eigenvalue weighted by Gasteiger charge is 2.39. The smallest absolute Gasteiger partial charge is 0.255 e. The average Bonchev–Trinajstić information content (AvgIpc) is 3.26. The van der Waals surface area contributed by atoms with Crippen LogP contribution in [-0.2, 0) is 11.8 Å². The number of quaternary nitrogens is 1. The molecule has 1 aliphatic rings. The van der Waals surface area contributed by atoms with Gasteiger partial charge >= 0.3 is 0 Å². The highest BCUT2D eigenvalue weighted by molar-refractivity contribution is 6.02. The Balaban J connectivity index is 1.62. The van der Waals surface area contributed by atoms with Gasteiger partial charge in [0.1, 0.15) is 6.54 Å². The van der Waals surface area contributed by atoms with Crippen LogP contribution in [0.25, 0.3) is 10.9 Å². The third kappa shape index (κ3) is 3.95. The van der Waals surface area contributed by atoms with Gasteiger partial charge in [-0.15, -0.1) is 0 Å². The number of hydrogen-bond donors (Lipinski definition) is 2. The van der Waals surface area contributed by atoms with Crippen LogP contribution in [0.4, 0.5) is 0 Å². The second-order valence-corrected chi connectivity index (χ2v) is 8.19. The Hall–Kier alpha value is -3.12. The standard InChI is InChI=1S/C25H30N4O2/c1-4-28(5-2)15-14-26-23(30)17-29-24(19-11-6-7-12-20(19)25(29)31)21-16-27(3)22-13-9-8-10-18(21)22/h6-13,16,24H,4-5,14-15,17H2,1-3H3,(H,26,30)/p+1/t24-/m0/s1. The number of aryl methyl sites for hydroxylation is 1. The van der Waals surface area contributed by atoms with Crippen LogP contribution in [0.3, 0.4) is 0 Å². The number of para-hydroxylation sites is 1. The minimum Gasteiger partial charge on any atom is -0.350 e. The highest BCUT2D eigenvalue weighted by Crippen LogP contribution is 2.41. The molecule has 6 nitrogen and oxygen atoms in total. The zero-order chi connectivity index (χ0) is 22.0. The second-order valence-electron chi connectivity index (χ2n) is 8.19. The Morgan fingerprint density at radius 1 is 1.03 bits per heavy atom. The molecule has 0 radical (unpaired) electrons. The molecule has 2 amide bonds. The monoisotopic (exact) mass is 419 g/mol. The molecule has 2 aromatic carbocycles. The van der Waals surface area contributed by atoms with Gasteiger partial charge in [-0.2, -0.15) is 0 Å². The van der Waals surface area contributed by atoms with Gasteiger partial charge in [-0.25, -0.2) is 0 Å². The molecule has 0 saturated heterocycles. The average molecular weight is 420 g/mol. The third-order valence-corrected chi connectivity index (χ3v) is 6.40. The van der Waals surface area contributed by atoms with Crippen molar-refractivity contribution in [3.05, 3.63) is 71.4 Å². The summed E-state index contributed by atoms with van der Waals surface area (Å²) in [6.45, 7) is 7.93. The van der Waals surface area contributed by atoms with E-state index in [0.29, 0.717) is 12.1 Å². The highest BCUT2D eigenvalue weighted by atomic mass is 16.2. The molecule has 1 aliphatic heterocycles. The first-order valence-corrected chi connectivity index (χ1v) is 11.1. The van der Waals surface area contributed by atoms with E-state index in [9.17, 15) is 9.59 Å². The van der Waals surface area contributed by atoms with Crippen molar-refractivity contribution >= 4 is 22.7 Å². The summed E-state index contributed by atoms with van der Waals surface area (Å²) >= 11 is 0. The number of carbonyl (C=O) groups is 2. The Bertz CT molecular complexity index is 1100. The van der Waals surface area contributed by atoms with Crippen molar-refractivity contribution in [3.8, 4) is 0 Å². The van der Waals surface area contributed by atoms with Crippen LogP contribution >= 0.6 is 0 Å². The van der Waals surface area contributed by atoms with Gasteiger partial charge in [0.15, 0.2) is 0 Å². The first-order chi connectivity index (χ1) is 15.0. The van der Waals surface area contributed by atoms with E-state index in [2.05, 4.69) is 42.1 Å². The fourth-order valence-electron chi connectivity index (χ4n) is 4.65. The Labute approximate surface area is 183 Å². The molecule has 0 saturated carbocycles. The van der Waals surface area contributed by atoms with E-state index in [4.69, 9.17) is 0 Å². The Morgan fingerprint density at radius 3 is 2.52 bits per heavy atom. The molecule has 3 aromatic rings. The molecule has 1 atom stereocenters. The number of rotatable bonds is 8. The summed E-state index contributed by atoms with van der Waals surface area (Å²) < 4.78 is 2.08. The van der Waals surface area contributed by atoms with E-state index in [1.165, 1.54) is 4.90 Å². The van der Waals surface area contributed by atoms with E-state index >= 15 is 0 Å². The van der Waals surface area contributed by atoms with Gasteiger partial charge in [0, 0.05) is 35.3 Å². The van der Waals surface area contributed by atoms with Crippen LogP contribution in [0.15, 0.2) is 54.7 Å². The molecule has 1 aromatic heterocycles. The van der Waals surface area contributed by atoms with Crippen LogP contribution in [0.5, 0.6) is 0 Å². The van der Waals surface area contributed by atoms with Crippen molar-refractivity contribution in [2.45, 2.75) is 19.9 Å². The van der Waals surface area contributed by atoms with Gasteiger partial charge in [-0.05, 0) is 31.5 Å². The molecule has 6 heteroatoms. The lowest BCUT2D eigenvalue weighted by Crippen LogP contribution is -3.12. The van der Waals surface area contributed by atoms with Crippen molar-refractivity contribution in [2.24, 2.45) is 7.05 Å². The summed E-state index contributed by atoms with van der Waals surface area (Å²) in [6, 6.07) is 15.6. The number of amides is 2. The normalized spacial score (nSPS) is 15.7. The quantitative estimate of drug-likeness (QED) is 0.585. The predicted octanol–water partition coefficient (Wildman–Crippen LogP) is 1.76. The summed E-state index contributed by atoms with van der Waals surface area (Å²) in [5, 5.41) is 4.12. The van der Waals surface area contributed by atoms with E-state index in [1.807, 2.05) is 43.4 Å². The van der Waals surface area contributed by atoms with Crippen molar-refractivity contribution in [1.82, 2.24) is 14.8 Å². The van der Waals surface area contributed by atoms with E-state index in [0.717, 1.165) is 41.7 Å². The number of hydrogen-bond acceptors (Lipinski definition) is 2. The van der Waals surface area contributed by atoms with Gasteiger partial charge < -0.3 is 19.7 Å². The topological polar surface area (TPSA) is 58.8 Å². The SMILES string of the molecule is CC[NH+](CC)CCNC(=O)CN1C(=O)c2ccccc2[C@H]1c1cn(C)c2ccccc12. The largest absolute Gasteiger partial charge is 0.350 e. The van der Waals surface area contributed by atoms with Crippen LogP contribution in [-0.4, -0.2) is 54.0 Å². The predicted molar refractivity (Wildman–Crippen MR) is 122 cm³/mol. The Kier molecular flexibility index (Phi) is 6.09. The van der Waals surface area contributed by atoms with Gasteiger partial charge in [-0.3, -0.25) is 9.59 Å². The molecular formula is C25H31N4O2+. The number of aromatic nitrogens is 1. The van der Waals surface area contributed by atoms with Crippen LogP contribution in [0, 0.1) is 0 Å². The van der Waals surface area contributed by atoms with Gasteiger partial charge in [0.2, 0.25) is 5.91 Å². The number of nitrogens with one attached hydrogen (secondary N) is 2. The molecule has 0 unspecified atom stereocenters. The van der Waals surface area contributed by atoms with Crippen molar-refractivity contribution in [3.63, 3.8) is 0 Å². The van der Waals surface area contributed by atoms with Gasteiger partial charge in [0.25, 0.3) is 5.91 Å². The third-order valence-electron chi connectivity index (χ3n) is 6.40. The Morgan fingerprint density at radius 2 is 1.74 bits per heavy atom. The molecule has 4 rings (SSSR count). The number of likely N-dealkylation sites (N-methyl/N-ethyl adjacent to an activating group) is 1. The number of fused-ring (bicyclic) bond motifs is 2. The molecule has 0 spiro atoms. The van der Waals surface area contributed by atoms with Crippen LogP contribution < -0.4 is 10.2 Å². The maximum absolute atomic E-state index is 13.3. The molecule has 0 aliphatic carbocycles. The van der Waals surface area contributed by atoms with Gasteiger partial charge in [0.05, 0.1) is 32.2 Å². The lowest BCUT2D eigenvalue weighted by atomic mass is 9.97. The van der Waals surface area contributed by atoms with Crippen LogP contribution in [0.2, 0.25) is 0 Å². The minimum atomic E-state index is -0.269. The van der Waals surface area contributed by atoms with Crippen LogP contribution in [0.1, 0.15) is 41.4 Å². The molecule has 162 valence electrons. The van der Waals surface area contributed by atoms with Crippen molar-refractivity contribution in [2.75, 3.05) is 32.7 Å². The fraction of sp³-hybridized carbons (Fsp3) is 0.360. The maximum atomic E-state index is 13.3. The summed E-state index contributed by atoms with van der Waals surface area (Å²) in [7, 11) is 2.01. The molecule has 2 N–H and O–H groups in total. The summed E-state index contributed by atoms with van der Waals surface area (Å²) in [5.74, 6) is -0.198.